The minimum Gasteiger partial charge on any atom is -0.287 e. The number of aromatic nitrogens is 1. The number of hydrogen-bond donors (Lipinski definition) is 0. The molecule has 0 spiro atoms. The van der Waals surface area contributed by atoms with Gasteiger partial charge in [-0.1, -0.05) is 48.5 Å². The van der Waals surface area contributed by atoms with Crippen LogP contribution < -0.4 is 26.4 Å². The Labute approximate surface area is 357 Å². The molecule has 0 fully saturated rings. The van der Waals surface area contributed by atoms with Crippen molar-refractivity contribution in [2.24, 2.45) is 0 Å². The van der Waals surface area contributed by atoms with Crippen LogP contribution in [0.25, 0.3) is 10.8 Å². The Hall–Kier alpha value is -6.46. The summed E-state index contributed by atoms with van der Waals surface area (Å²) in [5.41, 5.74) is -13.6. The quantitative estimate of drug-likeness (QED) is 0.0297. The molecule has 7 aromatic rings. The van der Waals surface area contributed by atoms with Gasteiger partial charge in [-0.05, 0) is 11.5 Å². The highest BCUT2D eigenvalue weighted by Crippen LogP contribution is 2.31. The fraction of sp³-hybridized carbons (Fsp3) is 0.0244. The Morgan fingerprint density at radius 1 is 0.385 bits per heavy atom. The van der Waals surface area contributed by atoms with Crippen molar-refractivity contribution >= 4 is 60.5 Å². The van der Waals surface area contributed by atoms with Crippen molar-refractivity contribution in [3.05, 3.63) is 193 Å². The maximum absolute atomic E-state index is 15.4. The number of benzene rings is 6. The van der Waals surface area contributed by atoms with Crippen molar-refractivity contribution in [2.45, 2.75) is 6.54 Å². The molecule has 0 saturated carbocycles. The number of nitrogens with zero attached hydrogens (tertiary/aromatic N) is 1. The first kappa shape index (κ1) is 48.0. The number of ketones is 1. The van der Waals surface area contributed by atoms with Crippen LogP contribution >= 0.6 is 15.9 Å². The molecule has 338 valence electrons. The summed E-state index contributed by atoms with van der Waals surface area (Å²) >= 11 is 3.59. The largest absolute Gasteiger partial charge is 0.287 e. The lowest BCUT2D eigenvalue weighted by molar-refractivity contribution is -0.692. The van der Waals surface area contributed by atoms with Gasteiger partial charge in [0.1, 0.15) is 52.7 Å². The molecule has 1 heterocycles. The molecule has 7 rings (SSSR count). The molecule has 24 heteroatoms. The average molecular weight is 1010 g/mol. The van der Waals surface area contributed by atoms with E-state index in [2.05, 4.69) is 22.0 Å². The highest BCUT2D eigenvalue weighted by Gasteiger charge is 2.52. The van der Waals surface area contributed by atoms with Crippen LogP contribution in [0.4, 0.5) is 87.8 Å². The van der Waals surface area contributed by atoms with Gasteiger partial charge in [0.05, 0.1) is 5.39 Å². The fourth-order valence-corrected chi connectivity index (χ4v) is 7.69. The summed E-state index contributed by atoms with van der Waals surface area (Å²) in [6.07, 6.45) is -5.28. The van der Waals surface area contributed by atoms with Crippen molar-refractivity contribution in [1.29, 1.82) is 0 Å². The minimum atomic E-state index is -7.22. The summed E-state index contributed by atoms with van der Waals surface area (Å²) in [6, 6.07) is 19.5. The second kappa shape index (κ2) is 17.8. The zero-order chi connectivity index (χ0) is 48.3. The van der Waals surface area contributed by atoms with E-state index in [0.717, 1.165) is 20.9 Å². The van der Waals surface area contributed by atoms with E-state index >= 15 is 35.1 Å². The van der Waals surface area contributed by atoms with E-state index in [1.807, 2.05) is 65.4 Å². The number of rotatable bonds is 7. The summed E-state index contributed by atoms with van der Waals surface area (Å²) in [5, 5.41) is 2.26. The SMILES string of the molecule is Fc1c(F)c(F)c([B-](c2c(F)c(F)c(F)c(F)c2F)(c2c(F)c(F)c(F)c(F)c2F)c2c(F)c(F)c(F)c(F)c2F)c(F)c1F.O=C(C[n+]1ccc2ccccc2c1Br)c1ccccc1. The molecule has 0 saturated heterocycles. The van der Waals surface area contributed by atoms with Gasteiger partial charge in [0.2, 0.25) is 12.3 Å². The zero-order valence-corrected chi connectivity index (χ0v) is 32.5. The summed E-state index contributed by atoms with van der Waals surface area (Å²) in [5.74, 6) is -71.3. The molecule has 0 unspecified atom stereocenters. The van der Waals surface area contributed by atoms with Crippen molar-refractivity contribution in [3.63, 3.8) is 0 Å². The lowest BCUT2D eigenvalue weighted by Gasteiger charge is -2.44. The third-order valence-corrected chi connectivity index (χ3v) is 10.9. The topological polar surface area (TPSA) is 20.9 Å². The maximum atomic E-state index is 15.4. The Bertz CT molecular complexity index is 2730. The first-order valence-corrected chi connectivity index (χ1v) is 18.1. The molecule has 0 aliphatic heterocycles. The van der Waals surface area contributed by atoms with Gasteiger partial charge in [-0.25, -0.2) is 87.8 Å². The predicted molar refractivity (Wildman–Crippen MR) is 192 cm³/mol. The Morgan fingerprint density at radius 3 is 0.985 bits per heavy atom. The van der Waals surface area contributed by atoms with Crippen LogP contribution in [-0.4, -0.2) is 11.9 Å². The molecule has 0 amide bonds. The molecule has 0 radical (unpaired) electrons. The fourth-order valence-electron chi connectivity index (χ4n) is 7.09. The number of pyridine rings is 1. The summed E-state index contributed by atoms with van der Waals surface area (Å²) < 4.78 is 297. The Balaban J connectivity index is 0.000000289. The average Bonchev–Trinajstić information content (AvgIpc) is 3.30. The molecule has 0 aliphatic rings. The van der Waals surface area contributed by atoms with E-state index < -0.39 is 144 Å². The Morgan fingerprint density at radius 2 is 0.662 bits per heavy atom. The van der Waals surface area contributed by atoms with Crippen LogP contribution in [0.15, 0.2) is 71.5 Å². The number of halogens is 21. The molecular weight excluding hydrogens is 993 g/mol. The molecule has 0 bridgehead atoms. The third kappa shape index (κ3) is 7.53. The van der Waals surface area contributed by atoms with Crippen molar-refractivity contribution in [2.75, 3.05) is 0 Å². The summed E-state index contributed by atoms with van der Waals surface area (Å²) in [7, 11) is 0. The van der Waals surface area contributed by atoms with Gasteiger partial charge in [0.25, 0.3) is 4.60 Å². The minimum absolute atomic E-state index is 0.103. The molecule has 0 N–H and O–H groups in total. The van der Waals surface area contributed by atoms with E-state index in [4.69, 9.17) is 0 Å². The zero-order valence-electron chi connectivity index (χ0n) is 30.9. The second-order valence-electron chi connectivity index (χ2n) is 13.4. The molecule has 65 heavy (non-hydrogen) atoms. The van der Waals surface area contributed by atoms with Crippen LogP contribution in [0.2, 0.25) is 0 Å². The lowest BCUT2D eigenvalue weighted by Crippen LogP contribution is -2.81. The van der Waals surface area contributed by atoms with Gasteiger partial charge in [-0.2, -0.15) is 4.57 Å². The summed E-state index contributed by atoms with van der Waals surface area (Å²) in [6.45, 7) is 0.329. The lowest BCUT2D eigenvalue weighted by atomic mass is 9.12. The van der Waals surface area contributed by atoms with Crippen molar-refractivity contribution < 1.29 is 97.2 Å². The first-order valence-electron chi connectivity index (χ1n) is 17.3. The van der Waals surface area contributed by atoms with Gasteiger partial charge in [-0.3, -0.25) is 4.79 Å². The van der Waals surface area contributed by atoms with Gasteiger partial charge in [-0.15, -0.1) is 21.9 Å². The highest BCUT2D eigenvalue weighted by atomic mass is 79.9. The van der Waals surface area contributed by atoms with Crippen LogP contribution in [0.3, 0.4) is 0 Å². The van der Waals surface area contributed by atoms with Gasteiger partial charge >= 0.3 is 0 Å². The van der Waals surface area contributed by atoms with Gasteiger partial charge < -0.3 is 0 Å². The highest BCUT2D eigenvalue weighted by molar-refractivity contribution is 9.10. The van der Waals surface area contributed by atoms with Gasteiger partial charge in [0.15, 0.2) is 76.0 Å². The van der Waals surface area contributed by atoms with E-state index in [1.54, 1.807) is 0 Å². The normalized spacial score (nSPS) is 11.6. The van der Waals surface area contributed by atoms with Crippen LogP contribution in [0, 0.1) is 116 Å². The van der Waals surface area contributed by atoms with E-state index in [-0.39, 0.29) is 5.78 Å². The second-order valence-corrected chi connectivity index (χ2v) is 14.2. The number of carbonyl (C=O) groups is 1. The Kier molecular flexibility index (Phi) is 13.2. The number of fused-ring (bicyclic) bond motifs is 1. The predicted octanol–water partition coefficient (Wildman–Crippen LogP) is 9.62. The van der Waals surface area contributed by atoms with Crippen LogP contribution in [0.1, 0.15) is 10.4 Å². The number of hydrogen-bond acceptors (Lipinski definition) is 1. The van der Waals surface area contributed by atoms with E-state index in [9.17, 15) is 57.5 Å². The van der Waals surface area contributed by atoms with Crippen LogP contribution in [-0.2, 0) is 6.54 Å². The van der Waals surface area contributed by atoms with Gasteiger partial charge in [0, 0.05) is 27.6 Å². The van der Waals surface area contributed by atoms with E-state index in [1.165, 1.54) is 0 Å². The number of Topliss-reactive ketones (excluding diaryl/α,β-unsaturated/α-hetero) is 1. The molecule has 2 nitrogen and oxygen atoms in total. The number of carbonyl (C=O) groups excluding carboxylic acids is 1. The first-order chi connectivity index (χ1) is 30.5. The molecule has 6 aromatic carbocycles. The van der Waals surface area contributed by atoms with Crippen molar-refractivity contribution in [1.82, 2.24) is 0 Å². The molecular formula is C41H13BBrF20NO. The summed E-state index contributed by atoms with van der Waals surface area (Å²) in [4.78, 5) is 12.3. The maximum Gasteiger partial charge on any atom is 0.256 e. The monoisotopic (exact) mass is 1000 g/mol. The standard InChI is InChI=1S/C24BF20.C17H13BrNO/c26-5-1(6(27)14(35)21(42)13(5)34)25(2-7(28)15(36)22(43)16(37)8(2)29,3-9(30)17(38)23(44)18(39)10(3)31)4-11(32)19(40)24(45)20(41)12(4)33;18-17-15-9-5-4-6-13(15)10-11-19(17)12-16(20)14-7-2-1-3-8-14/h;1-11H,12H2/q-1;+1. The smallest absolute Gasteiger partial charge is 0.256 e. The van der Waals surface area contributed by atoms with Crippen LogP contribution in [0.5, 0.6) is 0 Å². The third-order valence-electron chi connectivity index (χ3n) is 9.99. The molecule has 0 aliphatic carbocycles. The van der Waals surface area contributed by atoms with E-state index in [0.29, 0.717) is 6.54 Å². The molecule has 0 atom stereocenters. The van der Waals surface area contributed by atoms with Crippen molar-refractivity contribution in [3.8, 4) is 0 Å². The molecule has 1 aromatic heterocycles.